The van der Waals surface area contributed by atoms with Gasteiger partial charge in [-0.2, -0.15) is 13.9 Å². The minimum atomic E-state index is -2.87. The number of hydrogen-bond donors (Lipinski definition) is 0. The van der Waals surface area contributed by atoms with Gasteiger partial charge in [-0.15, -0.1) is 0 Å². The van der Waals surface area contributed by atoms with Crippen LogP contribution in [0.5, 0.6) is 0 Å². The van der Waals surface area contributed by atoms with E-state index in [2.05, 4.69) is 29.0 Å². The zero-order valence-corrected chi connectivity index (χ0v) is 15.0. The number of rotatable bonds is 3. The van der Waals surface area contributed by atoms with Gasteiger partial charge in [0.25, 0.3) is 5.92 Å². The molecule has 1 unspecified atom stereocenters. The number of alkyl halides is 2. The van der Waals surface area contributed by atoms with Crippen LogP contribution in [0.25, 0.3) is 11.3 Å². The number of fused-ring (bicyclic) bond motifs is 1. The molecule has 2 aromatic heterocycles. The van der Waals surface area contributed by atoms with Crippen molar-refractivity contribution in [2.45, 2.75) is 44.2 Å². The summed E-state index contributed by atoms with van der Waals surface area (Å²) in [5.41, 5.74) is 1.93. The molecule has 2 fully saturated rings. The number of nitrogens with zero attached hydrogens (tertiary/aromatic N) is 6. The fourth-order valence-corrected chi connectivity index (χ4v) is 4.09. The van der Waals surface area contributed by atoms with Crippen molar-refractivity contribution in [2.24, 2.45) is 0 Å². The Morgan fingerprint density at radius 2 is 2.04 bits per heavy atom. The minimum Gasteiger partial charge on any atom is -0.338 e. The van der Waals surface area contributed by atoms with Crippen molar-refractivity contribution in [3.8, 4) is 11.3 Å². The summed E-state index contributed by atoms with van der Waals surface area (Å²) in [4.78, 5) is 13.2. The Balaban J connectivity index is 1.57. The van der Waals surface area contributed by atoms with Gasteiger partial charge < -0.3 is 9.80 Å². The quantitative estimate of drug-likeness (QED) is 0.842. The molecule has 6 nitrogen and oxygen atoms in total. The van der Waals surface area contributed by atoms with Crippen LogP contribution in [-0.2, 0) is 12.3 Å². The summed E-state index contributed by atoms with van der Waals surface area (Å²) >= 11 is 0. The van der Waals surface area contributed by atoms with Crippen LogP contribution in [-0.4, -0.2) is 57.4 Å². The molecule has 1 atom stereocenters. The fourth-order valence-electron chi connectivity index (χ4n) is 4.09. The first-order chi connectivity index (χ1) is 12.4. The summed E-state index contributed by atoms with van der Waals surface area (Å²) in [6, 6.07) is 0.643. The number of likely N-dealkylation sites (N-methyl/N-ethyl adjacent to an activating group) is 1. The maximum absolute atomic E-state index is 14.4. The second kappa shape index (κ2) is 5.45. The fraction of sp³-hybridized carbons (Fsp3) is 0.611. The molecule has 3 aliphatic rings. The molecule has 2 saturated heterocycles. The molecule has 0 spiro atoms. The summed E-state index contributed by atoms with van der Waals surface area (Å²) in [5, 5.41) is 4.46. The summed E-state index contributed by atoms with van der Waals surface area (Å²) < 4.78 is 30.7. The standard InChI is InChI=1S/C18H22F2N6/c1-11-4-6-25(11)17-22-15(14-3-5-18(19,20)16(14)23-17)12-7-21-26(8-12)13-9-24(2)10-13/h7-8,11,13H,3-6,9-10H2,1-2H3. The Bertz CT molecular complexity index is 857. The highest BCUT2D eigenvalue weighted by molar-refractivity contribution is 5.66. The smallest absolute Gasteiger partial charge is 0.290 e. The van der Waals surface area contributed by atoms with Crippen molar-refractivity contribution in [1.29, 1.82) is 0 Å². The Morgan fingerprint density at radius 1 is 1.23 bits per heavy atom. The molecule has 8 heteroatoms. The molecule has 5 rings (SSSR count). The van der Waals surface area contributed by atoms with Crippen molar-refractivity contribution in [2.75, 3.05) is 31.6 Å². The van der Waals surface area contributed by atoms with Gasteiger partial charge >= 0.3 is 0 Å². The van der Waals surface area contributed by atoms with Gasteiger partial charge in [0.2, 0.25) is 5.95 Å². The average molecular weight is 360 g/mol. The molecule has 2 aliphatic heterocycles. The highest BCUT2D eigenvalue weighted by atomic mass is 19.3. The van der Waals surface area contributed by atoms with Crippen LogP contribution < -0.4 is 4.90 Å². The SMILES string of the molecule is CC1CCN1c1nc(-c2cnn(C3CN(C)C3)c2)c2c(n1)C(F)(F)CC2. The van der Waals surface area contributed by atoms with Crippen LogP contribution in [0.15, 0.2) is 12.4 Å². The Labute approximate surface area is 150 Å². The lowest BCUT2D eigenvalue weighted by Gasteiger charge is -2.39. The van der Waals surface area contributed by atoms with E-state index in [1.807, 2.05) is 15.8 Å². The highest BCUT2D eigenvalue weighted by Gasteiger charge is 2.44. The first-order valence-corrected chi connectivity index (χ1v) is 9.21. The van der Waals surface area contributed by atoms with E-state index in [0.29, 0.717) is 35.7 Å². The van der Waals surface area contributed by atoms with E-state index in [4.69, 9.17) is 4.98 Å². The molecule has 0 saturated carbocycles. The van der Waals surface area contributed by atoms with E-state index in [0.717, 1.165) is 31.6 Å². The number of hydrogen-bond acceptors (Lipinski definition) is 5. The van der Waals surface area contributed by atoms with Gasteiger partial charge in [-0.3, -0.25) is 4.68 Å². The van der Waals surface area contributed by atoms with Crippen LogP contribution in [0, 0.1) is 0 Å². The Kier molecular flexibility index (Phi) is 3.38. The molecule has 0 amide bonds. The maximum Gasteiger partial charge on any atom is 0.290 e. The zero-order chi connectivity index (χ0) is 18.1. The van der Waals surface area contributed by atoms with E-state index >= 15 is 0 Å². The number of aromatic nitrogens is 4. The molecule has 2 aromatic rings. The summed E-state index contributed by atoms with van der Waals surface area (Å²) in [7, 11) is 2.07. The van der Waals surface area contributed by atoms with E-state index in [1.165, 1.54) is 0 Å². The first kappa shape index (κ1) is 16.1. The molecule has 1 aliphatic carbocycles. The van der Waals surface area contributed by atoms with Gasteiger partial charge in [-0.25, -0.2) is 9.97 Å². The van der Waals surface area contributed by atoms with Crippen molar-refractivity contribution in [3.63, 3.8) is 0 Å². The van der Waals surface area contributed by atoms with Gasteiger partial charge in [0.05, 0.1) is 17.9 Å². The molecule has 138 valence electrons. The molecule has 26 heavy (non-hydrogen) atoms. The van der Waals surface area contributed by atoms with E-state index in [1.54, 1.807) is 6.20 Å². The normalized spacial score (nSPS) is 25.1. The number of halogens is 2. The van der Waals surface area contributed by atoms with Crippen LogP contribution in [0.1, 0.15) is 37.1 Å². The van der Waals surface area contributed by atoms with Gasteiger partial charge in [0.15, 0.2) is 0 Å². The molecule has 4 heterocycles. The van der Waals surface area contributed by atoms with Gasteiger partial charge in [-0.1, -0.05) is 0 Å². The van der Waals surface area contributed by atoms with Crippen LogP contribution in [0.4, 0.5) is 14.7 Å². The van der Waals surface area contributed by atoms with Crippen molar-refractivity contribution in [3.05, 3.63) is 23.7 Å². The molecular weight excluding hydrogens is 338 g/mol. The van der Waals surface area contributed by atoms with E-state index in [9.17, 15) is 8.78 Å². The highest BCUT2D eigenvalue weighted by Crippen LogP contribution is 2.44. The zero-order valence-electron chi connectivity index (χ0n) is 15.0. The topological polar surface area (TPSA) is 50.1 Å². The third kappa shape index (κ3) is 2.35. The summed E-state index contributed by atoms with van der Waals surface area (Å²) in [5.74, 6) is -2.45. The van der Waals surface area contributed by atoms with Crippen LogP contribution in [0.2, 0.25) is 0 Å². The van der Waals surface area contributed by atoms with Crippen LogP contribution in [0.3, 0.4) is 0 Å². The third-order valence-electron chi connectivity index (χ3n) is 5.90. The average Bonchev–Trinajstić information content (AvgIpc) is 3.15. The molecule has 0 bridgehead atoms. The Hall–Kier alpha value is -2.09. The second-order valence-corrected chi connectivity index (χ2v) is 7.82. The van der Waals surface area contributed by atoms with Crippen molar-refractivity contribution >= 4 is 5.95 Å². The second-order valence-electron chi connectivity index (χ2n) is 7.82. The minimum absolute atomic E-state index is 0.0901. The lowest BCUT2D eigenvalue weighted by molar-refractivity contribution is -0.00595. The monoisotopic (exact) mass is 360 g/mol. The molecular formula is C18H22F2N6. The van der Waals surface area contributed by atoms with Crippen LogP contribution >= 0.6 is 0 Å². The van der Waals surface area contributed by atoms with Crippen molar-refractivity contribution < 1.29 is 8.78 Å². The number of anilines is 1. The van der Waals surface area contributed by atoms with Gasteiger partial charge in [-0.05, 0) is 26.8 Å². The predicted octanol–water partition coefficient (Wildman–Crippen LogP) is 2.46. The molecule has 0 N–H and O–H groups in total. The third-order valence-corrected chi connectivity index (χ3v) is 5.90. The van der Waals surface area contributed by atoms with E-state index in [-0.39, 0.29) is 12.1 Å². The molecule has 0 aromatic carbocycles. The maximum atomic E-state index is 14.4. The van der Waals surface area contributed by atoms with Gasteiger partial charge in [0.1, 0.15) is 5.69 Å². The lowest BCUT2D eigenvalue weighted by atomic mass is 10.1. The van der Waals surface area contributed by atoms with E-state index < -0.39 is 5.92 Å². The molecule has 0 radical (unpaired) electrons. The van der Waals surface area contributed by atoms with Crippen molar-refractivity contribution in [1.82, 2.24) is 24.6 Å². The Morgan fingerprint density at radius 3 is 2.69 bits per heavy atom. The number of likely N-dealkylation sites (tertiary alicyclic amines) is 1. The summed E-state index contributed by atoms with van der Waals surface area (Å²) in [6.45, 7) is 4.80. The summed E-state index contributed by atoms with van der Waals surface area (Å²) in [6.07, 6.45) is 4.86. The predicted molar refractivity (Wildman–Crippen MR) is 93.4 cm³/mol. The van der Waals surface area contributed by atoms with Gasteiger partial charge in [0, 0.05) is 49.4 Å². The largest absolute Gasteiger partial charge is 0.338 e. The first-order valence-electron chi connectivity index (χ1n) is 9.21. The lowest BCUT2D eigenvalue weighted by Crippen LogP contribution is -2.47.